The number of aromatic carboxylic acids is 1. The van der Waals surface area contributed by atoms with Crippen molar-refractivity contribution >= 4 is 5.97 Å². The Morgan fingerprint density at radius 3 is 2.71 bits per heavy atom. The largest absolute Gasteiger partial charge is 0.486 e. The Morgan fingerprint density at radius 2 is 2.10 bits per heavy atom. The van der Waals surface area contributed by atoms with Crippen molar-refractivity contribution in [1.29, 1.82) is 0 Å². The number of carboxylic acid groups (broad SMARTS) is 1. The predicted octanol–water partition coefficient (Wildman–Crippen LogP) is 2.17. The Kier molecular flexibility index (Phi) is 4.14. The van der Waals surface area contributed by atoms with E-state index in [1.165, 1.54) is 6.42 Å². The summed E-state index contributed by atoms with van der Waals surface area (Å²) in [6.07, 6.45) is 8.24. The molecule has 1 unspecified atom stereocenters. The summed E-state index contributed by atoms with van der Waals surface area (Å²) in [5, 5.41) is 13.8. The summed E-state index contributed by atoms with van der Waals surface area (Å²) < 4.78 is 7.58. The van der Waals surface area contributed by atoms with E-state index in [2.05, 4.69) is 10.00 Å². The average molecular weight is 293 g/mol. The second-order valence-electron chi connectivity index (χ2n) is 6.19. The predicted molar refractivity (Wildman–Crippen MR) is 77.8 cm³/mol. The molecule has 1 N–H and O–H groups in total. The van der Waals surface area contributed by atoms with Crippen LogP contribution >= 0.6 is 0 Å². The van der Waals surface area contributed by atoms with E-state index in [0.717, 1.165) is 45.2 Å². The van der Waals surface area contributed by atoms with Crippen molar-refractivity contribution in [1.82, 2.24) is 14.7 Å². The maximum atomic E-state index is 11.6. The van der Waals surface area contributed by atoms with Gasteiger partial charge in [0.05, 0.1) is 18.3 Å². The summed E-state index contributed by atoms with van der Waals surface area (Å²) in [6.45, 7) is 1.81. The first kappa shape index (κ1) is 14.4. The highest BCUT2D eigenvalue weighted by Gasteiger charge is 2.29. The van der Waals surface area contributed by atoms with E-state index in [9.17, 15) is 9.90 Å². The van der Waals surface area contributed by atoms with E-state index in [1.54, 1.807) is 10.9 Å². The van der Waals surface area contributed by atoms with Crippen molar-refractivity contribution in [2.75, 3.05) is 20.1 Å². The van der Waals surface area contributed by atoms with E-state index < -0.39 is 5.97 Å². The lowest BCUT2D eigenvalue weighted by Gasteiger charge is -2.22. The van der Waals surface area contributed by atoms with Crippen LogP contribution in [-0.2, 0) is 0 Å². The van der Waals surface area contributed by atoms with Gasteiger partial charge in [0.2, 0.25) is 0 Å². The van der Waals surface area contributed by atoms with Crippen molar-refractivity contribution in [3.8, 4) is 5.75 Å². The number of carboxylic acids is 1. The number of rotatable bonds is 4. The van der Waals surface area contributed by atoms with Crippen molar-refractivity contribution in [2.45, 2.75) is 50.7 Å². The van der Waals surface area contributed by atoms with Gasteiger partial charge >= 0.3 is 5.97 Å². The molecule has 1 saturated carbocycles. The molecule has 3 rings (SSSR count). The summed E-state index contributed by atoms with van der Waals surface area (Å²) in [5.41, 5.74) is 0.209. The zero-order valence-electron chi connectivity index (χ0n) is 12.5. The molecule has 6 heteroatoms. The van der Waals surface area contributed by atoms with Crippen molar-refractivity contribution in [3.63, 3.8) is 0 Å². The number of nitrogens with zero attached hydrogens (tertiary/aromatic N) is 3. The second-order valence-corrected chi connectivity index (χ2v) is 6.19. The Morgan fingerprint density at radius 1 is 1.33 bits per heavy atom. The number of ether oxygens (including phenoxy) is 1. The Hall–Kier alpha value is -1.56. The molecule has 6 nitrogen and oxygen atoms in total. The topological polar surface area (TPSA) is 67.6 Å². The van der Waals surface area contributed by atoms with Gasteiger partial charge in [-0.15, -0.1) is 0 Å². The summed E-state index contributed by atoms with van der Waals surface area (Å²) in [7, 11) is 2.05. The average Bonchev–Trinajstić information content (AvgIpc) is 3.06. The lowest BCUT2D eigenvalue weighted by Crippen LogP contribution is -2.23. The Bertz CT molecular complexity index is 508. The highest BCUT2D eigenvalue weighted by Crippen LogP contribution is 2.29. The first-order valence-electron chi connectivity index (χ1n) is 7.81. The molecular formula is C15H23N3O3. The summed E-state index contributed by atoms with van der Waals surface area (Å²) >= 11 is 0. The lowest BCUT2D eigenvalue weighted by atomic mass is 9.98. The number of carbonyl (C=O) groups is 1. The second kappa shape index (κ2) is 6.05. The number of likely N-dealkylation sites (N-methyl/N-ethyl adjacent to an activating group) is 1. The fraction of sp³-hybridized carbons (Fsp3) is 0.733. The lowest BCUT2D eigenvalue weighted by molar-refractivity contribution is 0.0668. The maximum absolute atomic E-state index is 11.6. The standard InChI is InChI=1S/C15H23N3O3/c1-17-8-7-11(10-17)18-14(15(19)20)13(9-16-18)21-12-5-3-2-4-6-12/h9,11-12H,2-8,10H2,1H3,(H,19,20). The molecule has 116 valence electrons. The van der Waals surface area contributed by atoms with Gasteiger partial charge in [-0.05, 0) is 45.7 Å². The van der Waals surface area contributed by atoms with Crippen LogP contribution in [0, 0.1) is 0 Å². The quantitative estimate of drug-likeness (QED) is 0.921. The van der Waals surface area contributed by atoms with Gasteiger partial charge in [0.25, 0.3) is 0 Å². The molecule has 1 aliphatic carbocycles. The maximum Gasteiger partial charge on any atom is 0.358 e. The minimum Gasteiger partial charge on any atom is -0.486 e. The molecular weight excluding hydrogens is 270 g/mol. The molecule has 1 aromatic heterocycles. The van der Waals surface area contributed by atoms with E-state index in [0.29, 0.717) is 5.75 Å². The molecule has 0 spiro atoms. The first-order chi connectivity index (χ1) is 10.1. The van der Waals surface area contributed by atoms with Gasteiger partial charge in [0.15, 0.2) is 11.4 Å². The first-order valence-corrected chi connectivity index (χ1v) is 7.81. The number of likely N-dealkylation sites (tertiary alicyclic amines) is 1. The molecule has 2 heterocycles. The Balaban J connectivity index is 1.80. The van der Waals surface area contributed by atoms with Crippen molar-refractivity contribution < 1.29 is 14.6 Å². The smallest absolute Gasteiger partial charge is 0.358 e. The third-order valence-electron chi connectivity index (χ3n) is 4.52. The van der Waals surface area contributed by atoms with Crippen molar-refractivity contribution in [3.05, 3.63) is 11.9 Å². The van der Waals surface area contributed by atoms with Crippen LogP contribution in [0.4, 0.5) is 0 Å². The zero-order valence-corrected chi connectivity index (χ0v) is 12.5. The molecule has 0 radical (unpaired) electrons. The van der Waals surface area contributed by atoms with Crippen molar-refractivity contribution in [2.24, 2.45) is 0 Å². The molecule has 2 aliphatic rings. The fourth-order valence-corrected chi connectivity index (χ4v) is 3.39. The van der Waals surface area contributed by atoms with Gasteiger partial charge < -0.3 is 14.7 Å². The van der Waals surface area contributed by atoms with Crippen LogP contribution in [-0.4, -0.2) is 52.0 Å². The zero-order chi connectivity index (χ0) is 14.8. The fourth-order valence-electron chi connectivity index (χ4n) is 3.39. The van der Waals surface area contributed by atoms with Crippen LogP contribution in [0.1, 0.15) is 55.1 Å². The van der Waals surface area contributed by atoms with Crippen LogP contribution < -0.4 is 4.74 Å². The summed E-state index contributed by atoms with van der Waals surface area (Å²) in [5.74, 6) is -0.517. The highest BCUT2D eigenvalue weighted by molar-refractivity contribution is 5.88. The minimum atomic E-state index is -0.951. The van der Waals surface area contributed by atoms with Gasteiger partial charge in [-0.2, -0.15) is 5.10 Å². The molecule has 1 saturated heterocycles. The van der Waals surface area contributed by atoms with Crippen LogP contribution in [0.5, 0.6) is 5.75 Å². The monoisotopic (exact) mass is 293 g/mol. The van der Waals surface area contributed by atoms with Gasteiger partial charge in [-0.3, -0.25) is 4.68 Å². The normalized spacial score (nSPS) is 24.3. The molecule has 0 aromatic carbocycles. The molecule has 0 amide bonds. The minimum absolute atomic E-state index is 0.129. The van der Waals surface area contributed by atoms with E-state index in [4.69, 9.17) is 4.74 Å². The molecule has 21 heavy (non-hydrogen) atoms. The molecule has 1 aliphatic heterocycles. The molecule has 1 atom stereocenters. The molecule has 1 aromatic rings. The van der Waals surface area contributed by atoms with Crippen LogP contribution in [0.15, 0.2) is 6.20 Å². The number of hydrogen-bond donors (Lipinski definition) is 1. The van der Waals surface area contributed by atoms with Crippen LogP contribution in [0.3, 0.4) is 0 Å². The summed E-state index contributed by atoms with van der Waals surface area (Å²) in [4.78, 5) is 13.8. The van der Waals surface area contributed by atoms with Gasteiger partial charge in [-0.1, -0.05) is 6.42 Å². The van der Waals surface area contributed by atoms with Crippen LogP contribution in [0.25, 0.3) is 0 Å². The van der Waals surface area contributed by atoms with E-state index in [1.807, 2.05) is 7.05 Å². The SMILES string of the molecule is CN1CCC(n2ncc(OC3CCCCC3)c2C(=O)O)C1. The molecule has 0 bridgehead atoms. The third kappa shape index (κ3) is 3.05. The van der Waals surface area contributed by atoms with Gasteiger partial charge in [0, 0.05) is 6.54 Å². The number of aromatic nitrogens is 2. The van der Waals surface area contributed by atoms with E-state index >= 15 is 0 Å². The van der Waals surface area contributed by atoms with Crippen LogP contribution in [0.2, 0.25) is 0 Å². The number of hydrogen-bond acceptors (Lipinski definition) is 4. The molecule has 2 fully saturated rings. The van der Waals surface area contributed by atoms with E-state index in [-0.39, 0.29) is 17.8 Å². The van der Waals surface area contributed by atoms with Gasteiger partial charge in [0.1, 0.15) is 0 Å². The third-order valence-corrected chi connectivity index (χ3v) is 4.52. The summed E-state index contributed by atoms with van der Waals surface area (Å²) in [6, 6.07) is 0.129. The van der Waals surface area contributed by atoms with Gasteiger partial charge in [-0.25, -0.2) is 4.79 Å². The highest BCUT2D eigenvalue weighted by atomic mass is 16.5. The Labute approximate surface area is 124 Å².